The largest absolute Gasteiger partial charge is 0.356 e. The van der Waals surface area contributed by atoms with Crippen LogP contribution in [-0.4, -0.2) is 30.9 Å². The Kier molecular flexibility index (Phi) is 3.88. The van der Waals surface area contributed by atoms with Crippen LogP contribution in [0.25, 0.3) is 0 Å². The first kappa shape index (κ1) is 11.0. The third-order valence-corrected chi connectivity index (χ3v) is 2.36. The molecule has 5 nitrogen and oxygen atoms in total. The van der Waals surface area contributed by atoms with Crippen molar-refractivity contribution in [2.24, 2.45) is 11.7 Å². The second kappa shape index (κ2) is 4.95. The van der Waals surface area contributed by atoms with E-state index in [2.05, 4.69) is 10.6 Å². The Labute approximate surface area is 83.4 Å². The van der Waals surface area contributed by atoms with E-state index in [0.717, 1.165) is 6.42 Å². The van der Waals surface area contributed by atoms with E-state index in [1.54, 1.807) is 0 Å². The molecule has 1 heterocycles. The van der Waals surface area contributed by atoms with Crippen LogP contribution >= 0.6 is 0 Å². The monoisotopic (exact) mass is 199 g/mol. The summed E-state index contributed by atoms with van der Waals surface area (Å²) in [6.45, 7) is 2.86. The summed E-state index contributed by atoms with van der Waals surface area (Å²) in [5, 5.41) is 5.47. The van der Waals surface area contributed by atoms with Gasteiger partial charge in [-0.15, -0.1) is 0 Å². The van der Waals surface area contributed by atoms with Crippen molar-refractivity contribution in [1.82, 2.24) is 10.6 Å². The molecule has 0 aromatic rings. The van der Waals surface area contributed by atoms with Crippen LogP contribution in [0.5, 0.6) is 0 Å². The van der Waals surface area contributed by atoms with E-state index >= 15 is 0 Å². The minimum Gasteiger partial charge on any atom is -0.356 e. The van der Waals surface area contributed by atoms with Gasteiger partial charge >= 0.3 is 0 Å². The van der Waals surface area contributed by atoms with Crippen molar-refractivity contribution in [2.75, 3.05) is 13.1 Å². The summed E-state index contributed by atoms with van der Waals surface area (Å²) in [6, 6.07) is -0.0208. The zero-order valence-electron chi connectivity index (χ0n) is 8.38. The van der Waals surface area contributed by atoms with E-state index in [4.69, 9.17) is 5.73 Å². The number of nitrogens with two attached hydrogens (primary N) is 1. The molecule has 1 unspecified atom stereocenters. The Balaban J connectivity index is 2.39. The first-order valence-corrected chi connectivity index (χ1v) is 4.90. The fourth-order valence-corrected chi connectivity index (χ4v) is 1.43. The maximum absolute atomic E-state index is 11.6. The molecule has 2 amide bonds. The highest BCUT2D eigenvalue weighted by atomic mass is 16.2. The summed E-state index contributed by atoms with van der Waals surface area (Å²) in [6.07, 6.45) is 1.01. The van der Waals surface area contributed by atoms with Gasteiger partial charge in [0.1, 0.15) is 0 Å². The molecule has 80 valence electrons. The van der Waals surface area contributed by atoms with Gasteiger partial charge in [-0.3, -0.25) is 9.59 Å². The third-order valence-electron chi connectivity index (χ3n) is 2.36. The van der Waals surface area contributed by atoms with Gasteiger partial charge in [-0.05, 0) is 13.3 Å². The second-order valence-corrected chi connectivity index (χ2v) is 3.69. The number of carbonyl (C=O) groups excluding carboxylic acids is 2. The van der Waals surface area contributed by atoms with Gasteiger partial charge in [0, 0.05) is 31.5 Å². The molecule has 2 atom stereocenters. The number of hydrogen-bond acceptors (Lipinski definition) is 3. The van der Waals surface area contributed by atoms with E-state index in [1.165, 1.54) is 0 Å². The van der Waals surface area contributed by atoms with Crippen LogP contribution in [0.15, 0.2) is 0 Å². The molecule has 1 aliphatic heterocycles. The lowest BCUT2D eigenvalue weighted by molar-refractivity contribution is -0.132. The third kappa shape index (κ3) is 2.99. The Hall–Kier alpha value is -1.10. The minimum absolute atomic E-state index is 0.0208. The van der Waals surface area contributed by atoms with Crippen LogP contribution < -0.4 is 16.4 Å². The molecule has 0 aromatic carbocycles. The maximum Gasteiger partial charge on any atom is 0.223 e. The van der Waals surface area contributed by atoms with Crippen molar-refractivity contribution in [1.29, 1.82) is 0 Å². The number of piperidine rings is 1. The molecule has 14 heavy (non-hydrogen) atoms. The zero-order valence-corrected chi connectivity index (χ0v) is 8.38. The quantitative estimate of drug-likeness (QED) is 0.543. The van der Waals surface area contributed by atoms with Crippen molar-refractivity contribution in [2.45, 2.75) is 25.8 Å². The number of nitrogens with one attached hydrogen (secondary N) is 2. The first-order chi connectivity index (χ1) is 6.63. The average Bonchev–Trinajstić information content (AvgIpc) is 2.17. The molecule has 4 N–H and O–H groups in total. The van der Waals surface area contributed by atoms with Crippen LogP contribution in [0.3, 0.4) is 0 Å². The molecule has 0 saturated carbocycles. The van der Waals surface area contributed by atoms with Gasteiger partial charge in [-0.25, -0.2) is 0 Å². The van der Waals surface area contributed by atoms with Gasteiger partial charge < -0.3 is 16.4 Å². The molecule has 1 aliphatic rings. The Bertz CT molecular complexity index is 230. The Morgan fingerprint density at radius 1 is 1.79 bits per heavy atom. The van der Waals surface area contributed by atoms with E-state index in [1.807, 2.05) is 6.92 Å². The van der Waals surface area contributed by atoms with Crippen LogP contribution in [-0.2, 0) is 9.59 Å². The summed E-state index contributed by atoms with van der Waals surface area (Å²) >= 11 is 0. The van der Waals surface area contributed by atoms with Crippen LogP contribution in [0.2, 0.25) is 0 Å². The number of amides is 2. The predicted octanol–water partition coefficient (Wildman–Crippen LogP) is -1.02. The van der Waals surface area contributed by atoms with Gasteiger partial charge in [0.15, 0.2) is 0 Å². The lowest BCUT2D eigenvalue weighted by Gasteiger charge is -2.22. The Morgan fingerprint density at radius 2 is 2.50 bits per heavy atom. The summed E-state index contributed by atoms with van der Waals surface area (Å²) < 4.78 is 0. The summed E-state index contributed by atoms with van der Waals surface area (Å²) in [7, 11) is 0. The zero-order chi connectivity index (χ0) is 10.6. The van der Waals surface area contributed by atoms with Crippen LogP contribution in [0, 0.1) is 5.92 Å². The van der Waals surface area contributed by atoms with Crippen molar-refractivity contribution in [3.8, 4) is 0 Å². The van der Waals surface area contributed by atoms with E-state index in [9.17, 15) is 9.59 Å². The van der Waals surface area contributed by atoms with Gasteiger partial charge in [-0.1, -0.05) is 0 Å². The highest BCUT2D eigenvalue weighted by molar-refractivity contribution is 5.86. The van der Waals surface area contributed by atoms with Gasteiger partial charge in [0.2, 0.25) is 11.8 Å². The van der Waals surface area contributed by atoms with Crippen molar-refractivity contribution in [3.63, 3.8) is 0 Å². The molecule has 0 bridgehead atoms. The van der Waals surface area contributed by atoms with Gasteiger partial charge in [0.05, 0.1) is 0 Å². The van der Waals surface area contributed by atoms with Crippen molar-refractivity contribution in [3.05, 3.63) is 0 Å². The molecule has 5 heteroatoms. The second-order valence-electron chi connectivity index (χ2n) is 3.69. The lowest BCUT2D eigenvalue weighted by atomic mass is 9.96. The van der Waals surface area contributed by atoms with E-state index < -0.39 is 0 Å². The molecule has 0 spiro atoms. The normalized spacial score (nSPS) is 23.9. The molecule has 0 aromatic heterocycles. The molecule has 1 rings (SSSR count). The highest BCUT2D eigenvalue weighted by Crippen LogP contribution is 2.12. The van der Waals surface area contributed by atoms with E-state index in [0.29, 0.717) is 19.5 Å². The summed E-state index contributed by atoms with van der Waals surface area (Å²) in [5.74, 6) is -0.285. The highest BCUT2D eigenvalue weighted by Gasteiger charge is 2.25. The number of carbonyl (C=O) groups is 2. The SMILES string of the molecule is C[C@@H](CN)NC(=O)C1CCNC(=O)C1. The molecule has 0 radical (unpaired) electrons. The number of rotatable bonds is 3. The summed E-state index contributed by atoms with van der Waals surface area (Å²) in [5.41, 5.74) is 5.38. The van der Waals surface area contributed by atoms with Gasteiger partial charge in [-0.2, -0.15) is 0 Å². The first-order valence-electron chi connectivity index (χ1n) is 4.90. The van der Waals surface area contributed by atoms with Crippen LogP contribution in [0.4, 0.5) is 0 Å². The molecule has 1 fully saturated rings. The van der Waals surface area contributed by atoms with Crippen molar-refractivity contribution < 1.29 is 9.59 Å². The molecular formula is C9H17N3O2. The number of hydrogen-bond donors (Lipinski definition) is 3. The Morgan fingerprint density at radius 3 is 3.07 bits per heavy atom. The topological polar surface area (TPSA) is 84.2 Å². The fraction of sp³-hybridized carbons (Fsp3) is 0.778. The molecular weight excluding hydrogens is 182 g/mol. The molecule has 0 aliphatic carbocycles. The van der Waals surface area contributed by atoms with E-state index in [-0.39, 0.29) is 23.8 Å². The molecule has 1 saturated heterocycles. The van der Waals surface area contributed by atoms with Gasteiger partial charge in [0.25, 0.3) is 0 Å². The fourth-order valence-electron chi connectivity index (χ4n) is 1.43. The average molecular weight is 199 g/mol. The van der Waals surface area contributed by atoms with Crippen molar-refractivity contribution >= 4 is 11.8 Å². The lowest BCUT2D eigenvalue weighted by Crippen LogP contribution is -2.45. The predicted molar refractivity (Wildman–Crippen MR) is 52.4 cm³/mol. The summed E-state index contributed by atoms with van der Waals surface area (Å²) in [4.78, 5) is 22.6. The smallest absolute Gasteiger partial charge is 0.223 e. The standard InChI is InChI=1S/C9H17N3O2/c1-6(5-10)12-9(14)7-2-3-11-8(13)4-7/h6-7H,2-5,10H2,1H3,(H,11,13)(H,12,14)/t6-,7?/m0/s1. The minimum atomic E-state index is -0.183. The maximum atomic E-state index is 11.6. The van der Waals surface area contributed by atoms with Crippen LogP contribution in [0.1, 0.15) is 19.8 Å².